The van der Waals surface area contributed by atoms with E-state index in [0.29, 0.717) is 37.8 Å². The highest BCUT2D eigenvalue weighted by Gasteiger charge is 2.42. The molecule has 1 aromatic heterocycles. The minimum absolute atomic E-state index is 0.130. The number of aryl methyl sites for hydroxylation is 1. The summed E-state index contributed by atoms with van der Waals surface area (Å²) in [6.07, 6.45) is -4.35. The first kappa shape index (κ1) is 16.2. The highest BCUT2D eigenvalue weighted by atomic mass is 19.4. The average molecular weight is 333 g/mol. The first-order valence-electron chi connectivity index (χ1n) is 7.43. The fourth-order valence-corrected chi connectivity index (χ4v) is 3.05. The molecular formula is C13H18F3N5O2. The Kier molecular flexibility index (Phi) is 4.28. The third kappa shape index (κ3) is 3.63. The van der Waals surface area contributed by atoms with Crippen LogP contribution in [0.3, 0.4) is 0 Å². The lowest BCUT2D eigenvalue weighted by Crippen LogP contribution is -2.49. The standard InChI is InChI=1S/C13H18F3N5O2/c1-8-17-11(19-18-8)10-6-20(4-5-23-10)9-2-3-21(12(9)22)7-13(14,15)16/h9-10H,2-7H2,1H3,(H,17,18,19)/t9-,10+/m1/s1. The summed E-state index contributed by atoms with van der Waals surface area (Å²) >= 11 is 0. The maximum atomic E-state index is 12.5. The molecule has 1 aromatic rings. The molecule has 0 spiro atoms. The number of amides is 1. The molecule has 7 nitrogen and oxygen atoms in total. The predicted octanol–water partition coefficient (Wildman–Crippen LogP) is 0.650. The zero-order valence-electron chi connectivity index (χ0n) is 12.6. The molecule has 0 saturated carbocycles. The number of nitrogens with one attached hydrogen (secondary N) is 1. The van der Waals surface area contributed by atoms with Gasteiger partial charge in [0.25, 0.3) is 0 Å². The van der Waals surface area contributed by atoms with Crippen LogP contribution in [-0.2, 0) is 9.53 Å². The second kappa shape index (κ2) is 6.08. The largest absolute Gasteiger partial charge is 0.406 e. The number of hydrogen-bond acceptors (Lipinski definition) is 5. The maximum absolute atomic E-state index is 12.5. The quantitative estimate of drug-likeness (QED) is 0.879. The lowest BCUT2D eigenvalue weighted by atomic mass is 10.1. The Morgan fingerprint density at radius 3 is 2.83 bits per heavy atom. The molecule has 3 rings (SSSR count). The molecule has 23 heavy (non-hydrogen) atoms. The second-order valence-electron chi connectivity index (χ2n) is 5.81. The number of nitrogens with zero attached hydrogens (tertiary/aromatic N) is 4. The van der Waals surface area contributed by atoms with Crippen molar-refractivity contribution in [3.05, 3.63) is 11.6 Å². The summed E-state index contributed by atoms with van der Waals surface area (Å²) < 4.78 is 43.1. The fourth-order valence-electron chi connectivity index (χ4n) is 3.05. The van der Waals surface area contributed by atoms with Gasteiger partial charge >= 0.3 is 6.18 Å². The molecule has 0 bridgehead atoms. The molecule has 2 fully saturated rings. The molecule has 1 N–H and O–H groups in total. The lowest BCUT2D eigenvalue weighted by Gasteiger charge is -2.34. The molecule has 2 aliphatic heterocycles. The minimum Gasteiger partial charge on any atom is -0.367 e. The number of H-pyrrole nitrogens is 1. The molecule has 10 heteroatoms. The fraction of sp³-hybridized carbons (Fsp3) is 0.769. The molecule has 128 valence electrons. The summed E-state index contributed by atoms with van der Waals surface area (Å²) in [5.41, 5.74) is 0. The van der Waals surface area contributed by atoms with Crippen LogP contribution in [0.1, 0.15) is 24.2 Å². The van der Waals surface area contributed by atoms with Gasteiger partial charge in [0.05, 0.1) is 12.6 Å². The zero-order valence-corrected chi connectivity index (χ0v) is 12.6. The van der Waals surface area contributed by atoms with Crippen molar-refractivity contribution in [3.8, 4) is 0 Å². The Bertz CT molecular complexity index is 576. The predicted molar refractivity (Wildman–Crippen MR) is 72.4 cm³/mol. The minimum atomic E-state index is -4.37. The number of likely N-dealkylation sites (tertiary alicyclic amines) is 1. The average Bonchev–Trinajstić information content (AvgIpc) is 3.05. The number of halogens is 3. The van der Waals surface area contributed by atoms with Gasteiger partial charge in [-0.3, -0.25) is 14.8 Å². The van der Waals surface area contributed by atoms with Crippen LogP contribution in [-0.4, -0.2) is 75.9 Å². The summed E-state index contributed by atoms with van der Waals surface area (Å²) in [5.74, 6) is 0.702. The number of ether oxygens (including phenoxy) is 1. The highest BCUT2D eigenvalue weighted by molar-refractivity contribution is 5.84. The van der Waals surface area contributed by atoms with Gasteiger partial charge in [-0.25, -0.2) is 4.98 Å². The zero-order chi connectivity index (χ0) is 16.6. The number of carbonyl (C=O) groups excluding carboxylic acids is 1. The Balaban J connectivity index is 1.64. The van der Waals surface area contributed by atoms with E-state index in [-0.39, 0.29) is 12.6 Å². The lowest BCUT2D eigenvalue weighted by molar-refractivity contribution is -0.160. The summed E-state index contributed by atoms with van der Waals surface area (Å²) in [5, 5.41) is 6.78. The maximum Gasteiger partial charge on any atom is 0.406 e. The molecule has 2 saturated heterocycles. The monoisotopic (exact) mass is 333 g/mol. The van der Waals surface area contributed by atoms with Crippen molar-refractivity contribution in [2.24, 2.45) is 0 Å². The van der Waals surface area contributed by atoms with Crippen LogP contribution in [0, 0.1) is 6.92 Å². The van der Waals surface area contributed by atoms with Gasteiger partial charge in [-0.2, -0.15) is 18.3 Å². The topological polar surface area (TPSA) is 74.3 Å². The third-order valence-corrected chi connectivity index (χ3v) is 4.08. The van der Waals surface area contributed by atoms with Crippen LogP contribution in [0.15, 0.2) is 0 Å². The van der Waals surface area contributed by atoms with Crippen molar-refractivity contribution in [2.45, 2.75) is 31.7 Å². The van der Waals surface area contributed by atoms with E-state index in [1.165, 1.54) is 0 Å². The Morgan fingerprint density at radius 1 is 1.39 bits per heavy atom. The summed E-state index contributed by atoms with van der Waals surface area (Å²) in [4.78, 5) is 19.2. The van der Waals surface area contributed by atoms with Crippen LogP contribution in [0.4, 0.5) is 13.2 Å². The first-order chi connectivity index (χ1) is 10.8. The molecule has 3 heterocycles. The van der Waals surface area contributed by atoms with Crippen LogP contribution >= 0.6 is 0 Å². The smallest absolute Gasteiger partial charge is 0.367 e. The van der Waals surface area contributed by atoms with Crippen molar-refractivity contribution in [1.82, 2.24) is 25.0 Å². The van der Waals surface area contributed by atoms with E-state index in [9.17, 15) is 18.0 Å². The number of aromatic nitrogens is 3. The van der Waals surface area contributed by atoms with Gasteiger partial charge in [0, 0.05) is 19.6 Å². The number of carbonyl (C=O) groups is 1. The number of alkyl halides is 3. The van der Waals surface area contributed by atoms with Crippen molar-refractivity contribution in [3.63, 3.8) is 0 Å². The summed E-state index contributed by atoms with van der Waals surface area (Å²) in [6, 6.07) is -0.524. The summed E-state index contributed by atoms with van der Waals surface area (Å²) in [7, 11) is 0. The van der Waals surface area contributed by atoms with Gasteiger partial charge in [0.2, 0.25) is 5.91 Å². The second-order valence-corrected chi connectivity index (χ2v) is 5.81. The Labute approximate surface area is 130 Å². The summed E-state index contributed by atoms with van der Waals surface area (Å²) in [6.45, 7) is 2.01. The SMILES string of the molecule is Cc1nc([C@@H]2CN([C@@H]3CCN(CC(F)(F)F)C3=O)CCO2)n[nH]1. The van der Waals surface area contributed by atoms with Gasteiger partial charge in [0.1, 0.15) is 18.5 Å². The van der Waals surface area contributed by atoms with E-state index >= 15 is 0 Å². The van der Waals surface area contributed by atoms with Gasteiger partial charge in [-0.1, -0.05) is 0 Å². The number of morpholine rings is 1. The third-order valence-electron chi connectivity index (χ3n) is 4.08. The van der Waals surface area contributed by atoms with Crippen LogP contribution < -0.4 is 0 Å². The van der Waals surface area contributed by atoms with E-state index < -0.39 is 24.7 Å². The van der Waals surface area contributed by atoms with Gasteiger partial charge < -0.3 is 9.64 Å². The number of rotatable bonds is 3. The van der Waals surface area contributed by atoms with E-state index in [4.69, 9.17) is 4.74 Å². The van der Waals surface area contributed by atoms with Gasteiger partial charge in [0.15, 0.2) is 5.82 Å². The Hall–Kier alpha value is -1.68. The number of hydrogen-bond donors (Lipinski definition) is 1. The van der Waals surface area contributed by atoms with Crippen molar-refractivity contribution < 1.29 is 22.7 Å². The van der Waals surface area contributed by atoms with E-state index in [1.54, 1.807) is 6.92 Å². The molecule has 1 amide bonds. The molecule has 0 radical (unpaired) electrons. The number of aromatic amines is 1. The molecule has 2 atom stereocenters. The molecule has 0 unspecified atom stereocenters. The molecule has 2 aliphatic rings. The van der Waals surface area contributed by atoms with Crippen molar-refractivity contribution >= 4 is 5.91 Å². The van der Waals surface area contributed by atoms with E-state index in [2.05, 4.69) is 15.2 Å². The molecular weight excluding hydrogens is 315 g/mol. The van der Waals surface area contributed by atoms with E-state index in [0.717, 1.165) is 4.90 Å². The van der Waals surface area contributed by atoms with Crippen LogP contribution in [0.2, 0.25) is 0 Å². The molecule has 0 aliphatic carbocycles. The van der Waals surface area contributed by atoms with Crippen LogP contribution in [0.25, 0.3) is 0 Å². The first-order valence-corrected chi connectivity index (χ1v) is 7.43. The normalized spacial score (nSPS) is 27.0. The van der Waals surface area contributed by atoms with Gasteiger partial charge in [-0.15, -0.1) is 0 Å². The van der Waals surface area contributed by atoms with Crippen molar-refractivity contribution in [2.75, 3.05) is 32.8 Å². The van der Waals surface area contributed by atoms with E-state index in [1.807, 2.05) is 4.90 Å². The van der Waals surface area contributed by atoms with Crippen LogP contribution in [0.5, 0.6) is 0 Å². The highest BCUT2D eigenvalue weighted by Crippen LogP contribution is 2.27. The Morgan fingerprint density at radius 2 is 2.17 bits per heavy atom. The van der Waals surface area contributed by atoms with Gasteiger partial charge in [-0.05, 0) is 13.3 Å². The van der Waals surface area contributed by atoms with Crippen molar-refractivity contribution in [1.29, 1.82) is 0 Å². The molecule has 0 aromatic carbocycles.